The number of aryl methyl sites for hydroxylation is 1. The summed E-state index contributed by atoms with van der Waals surface area (Å²) in [5.74, 6) is -0.275. The van der Waals surface area contributed by atoms with Gasteiger partial charge in [-0.25, -0.2) is 4.79 Å². The van der Waals surface area contributed by atoms with Gasteiger partial charge in [-0.1, -0.05) is 111 Å². The zero-order chi connectivity index (χ0) is 37.3. The highest BCUT2D eigenvalue weighted by atomic mass is 32.2. The van der Waals surface area contributed by atoms with Crippen molar-refractivity contribution in [3.8, 4) is 11.1 Å². The molecule has 1 N–H and O–H groups in total. The number of carbonyl (C=O) groups excluding carboxylic acids is 2. The van der Waals surface area contributed by atoms with Crippen molar-refractivity contribution in [3.05, 3.63) is 89.5 Å². The molecule has 1 saturated heterocycles. The van der Waals surface area contributed by atoms with Crippen molar-refractivity contribution in [1.82, 2.24) is 5.32 Å². The van der Waals surface area contributed by atoms with Crippen molar-refractivity contribution in [2.45, 2.75) is 114 Å². The van der Waals surface area contributed by atoms with Crippen molar-refractivity contribution in [2.24, 2.45) is 0 Å². The Morgan fingerprint density at radius 3 is 2.04 bits per heavy atom. The highest BCUT2D eigenvalue weighted by Crippen LogP contribution is 2.44. The maximum absolute atomic E-state index is 12.7. The van der Waals surface area contributed by atoms with E-state index >= 15 is 0 Å². The van der Waals surface area contributed by atoms with Crippen LogP contribution in [0.25, 0.3) is 11.1 Å². The van der Waals surface area contributed by atoms with E-state index < -0.39 is 22.5 Å². The normalized spacial score (nSPS) is 16.1. The number of amides is 1. The Morgan fingerprint density at radius 2 is 1.40 bits per heavy atom. The van der Waals surface area contributed by atoms with E-state index in [4.69, 9.17) is 23.1 Å². The second kappa shape index (κ2) is 21.2. The number of carbonyl (C=O) groups is 2. The lowest BCUT2D eigenvalue weighted by Gasteiger charge is -2.27. The molecule has 10 nitrogen and oxygen atoms in total. The zero-order valence-corrected chi connectivity index (χ0v) is 31.8. The Balaban J connectivity index is 0.870. The van der Waals surface area contributed by atoms with Gasteiger partial charge in [0.15, 0.2) is 6.29 Å². The highest BCUT2D eigenvalue weighted by molar-refractivity contribution is 7.86. The van der Waals surface area contributed by atoms with Gasteiger partial charge in [-0.2, -0.15) is 8.42 Å². The number of nitrogens with one attached hydrogen (secondary N) is 1. The van der Waals surface area contributed by atoms with Gasteiger partial charge in [0.2, 0.25) is 0 Å². The van der Waals surface area contributed by atoms with Gasteiger partial charge in [0.25, 0.3) is 10.1 Å². The molecule has 1 aliphatic heterocycles. The first-order valence-corrected chi connectivity index (χ1v) is 20.7. The quantitative estimate of drug-likeness (QED) is 0.0611. The summed E-state index contributed by atoms with van der Waals surface area (Å²) < 4.78 is 53.4. The second-order valence-electron chi connectivity index (χ2n) is 14.0. The van der Waals surface area contributed by atoms with Crippen molar-refractivity contribution < 1.29 is 41.1 Å². The standard InChI is InChI=1S/C42H55NO9S/c1-32-23-25-34(26-24-32)53(46,47)51-30-33(52-41-22-14-16-28-48-41)29-49-40(44)21-9-7-5-3-2-4-6-8-15-27-43-42(45)50-31-39-37-19-12-10-17-35(37)36-18-11-13-20-38(36)39/h10-13,17-20,23-26,33,39,41H,2-9,14-16,21-22,27-31H2,1H3,(H,43,45)/t33-,41?/m0/s1. The number of unbranched alkanes of at least 4 members (excludes halogenated alkanes) is 8. The van der Waals surface area contributed by atoms with E-state index in [2.05, 4.69) is 29.6 Å². The molecule has 3 aromatic rings. The minimum absolute atomic E-state index is 0.0621. The van der Waals surface area contributed by atoms with Crippen LogP contribution in [0, 0.1) is 6.92 Å². The van der Waals surface area contributed by atoms with Gasteiger partial charge in [-0.05, 0) is 73.4 Å². The van der Waals surface area contributed by atoms with Gasteiger partial charge in [0.1, 0.15) is 19.3 Å². The SMILES string of the molecule is Cc1ccc(S(=O)(=O)OC[C@H](COC(=O)CCCCCCCCCCCNC(=O)OCC2c3ccccc3-c3ccccc32)OC2CCCCO2)cc1. The summed E-state index contributed by atoms with van der Waals surface area (Å²) >= 11 is 0. The van der Waals surface area contributed by atoms with Crippen LogP contribution in [0.4, 0.5) is 4.79 Å². The number of fused-ring (bicyclic) bond motifs is 3. The molecule has 1 unspecified atom stereocenters. The van der Waals surface area contributed by atoms with Crippen molar-refractivity contribution in [3.63, 3.8) is 0 Å². The fourth-order valence-corrected chi connectivity index (χ4v) is 7.76. The van der Waals surface area contributed by atoms with Crippen LogP contribution in [0.5, 0.6) is 0 Å². The van der Waals surface area contributed by atoms with Gasteiger partial charge in [-0.15, -0.1) is 0 Å². The molecule has 288 valence electrons. The van der Waals surface area contributed by atoms with Crippen LogP contribution in [0.3, 0.4) is 0 Å². The molecule has 5 rings (SSSR count). The third-order valence-corrected chi connectivity index (χ3v) is 11.1. The molecule has 1 heterocycles. The smallest absolute Gasteiger partial charge is 0.407 e. The van der Waals surface area contributed by atoms with Gasteiger partial charge in [0.05, 0.1) is 11.5 Å². The molecule has 3 aromatic carbocycles. The second-order valence-corrected chi connectivity index (χ2v) is 15.6. The molecule has 0 aromatic heterocycles. The van der Waals surface area contributed by atoms with E-state index in [1.165, 1.54) is 34.4 Å². The number of ether oxygens (including phenoxy) is 4. The molecular weight excluding hydrogens is 695 g/mol. The Labute approximate surface area is 315 Å². The number of benzene rings is 3. The Bertz CT molecular complexity index is 1640. The van der Waals surface area contributed by atoms with E-state index in [0.29, 0.717) is 32.6 Å². The van der Waals surface area contributed by atoms with Gasteiger partial charge >= 0.3 is 12.1 Å². The van der Waals surface area contributed by atoms with Gasteiger partial charge in [0, 0.05) is 25.5 Å². The third kappa shape index (κ3) is 12.9. The van der Waals surface area contributed by atoms with Crippen LogP contribution < -0.4 is 5.32 Å². The van der Waals surface area contributed by atoms with Crippen LogP contribution >= 0.6 is 0 Å². The summed E-state index contributed by atoms with van der Waals surface area (Å²) in [6.45, 7) is 2.99. The first-order valence-electron chi connectivity index (χ1n) is 19.3. The summed E-state index contributed by atoms with van der Waals surface area (Å²) in [7, 11) is -3.99. The topological polar surface area (TPSA) is 126 Å². The molecular formula is C42H55NO9S. The monoisotopic (exact) mass is 749 g/mol. The molecule has 2 atom stereocenters. The van der Waals surface area contributed by atoms with Crippen LogP contribution in [0.2, 0.25) is 0 Å². The zero-order valence-electron chi connectivity index (χ0n) is 31.0. The van der Waals surface area contributed by atoms with Crippen LogP contribution in [0.1, 0.15) is 106 Å². The van der Waals surface area contributed by atoms with Crippen LogP contribution in [-0.4, -0.2) is 65.8 Å². The van der Waals surface area contributed by atoms with E-state index in [0.717, 1.165) is 76.2 Å². The predicted molar refractivity (Wildman–Crippen MR) is 203 cm³/mol. The minimum Gasteiger partial charge on any atom is -0.463 e. The maximum atomic E-state index is 12.7. The summed E-state index contributed by atoms with van der Waals surface area (Å²) in [6.07, 6.45) is 10.4. The average Bonchev–Trinajstić information content (AvgIpc) is 3.49. The molecule has 11 heteroatoms. The first-order chi connectivity index (χ1) is 25.8. The molecule has 2 aliphatic rings. The molecule has 53 heavy (non-hydrogen) atoms. The van der Waals surface area contributed by atoms with Gasteiger partial charge in [-0.3, -0.25) is 8.98 Å². The highest BCUT2D eigenvalue weighted by Gasteiger charge is 2.29. The molecule has 1 aliphatic carbocycles. The number of alkyl carbamates (subject to hydrolysis) is 1. The molecule has 0 bridgehead atoms. The average molecular weight is 750 g/mol. The van der Waals surface area contributed by atoms with Crippen LogP contribution in [0.15, 0.2) is 77.7 Å². The minimum atomic E-state index is -3.99. The Hall–Kier alpha value is -3.77. The summed E-state index contributed by atoms with van der Waals surface area (Å²) in [5.41, 5.74) is 5.79. The van der Waals surface area contributed by atoms with Crippen molar-refractivity contribution in [2.75, 3.05) is 33.0 Å². The summed E-state index contributed by atoms with van der Waals surface area (Å²) in [5, 5.41) is 2.90. The fraction of sp³-hybridized carbons (Fsp3) is 0.524. The predicted octanol–water partition coefficient (Wildman–Crippen LogP) is 8.60. The van der Waals surface area contributed by atoms with Gasteiger partial charge < -0.3 is 24.3 Å². The lowest BCUT2D eigenvalue weighted by atomic mass is 9.98. The largest absolute Gasteiger partial charge is 0.463 e. The van der Waals surface area contributed by atoms with Crippen LogP contribution in [-0.2, 0) is 38.0 Å². The Kier molecular flexibility index (Phi) is 16.2. The fourth-order valence-electron chi connectivity index (χ4n) is 6.83. The van der Waals surface area contributed by atoms with E-state index in [-0.39, 0.29) is 36.1 Å². The summed E-state index contributed by atoms with van der Waals surface area (Å²) in [6, 6.07) is 23.1. The number of hydrogen-bond donors (Lipinski definition) is 1. The summed E-state index contributed by atoms with van der Waals surface area (Å²) in [4.78, 5) is 24.9. The maximum Gasteiger partial charge on any atom is 0.407 e. The molecule has 0 saturated carbocycles. The molecule has 1 fully saturated rings. The lowest BCUT2D eigenvalue weighted by molar-refractivity contribution is -0.204. The Morgan fingerprint density at radius 1 is 0.774 bits per heavy atom. The molecule has 0 radical (unpaired) electrons. The third-order valence-electron chi connectivity index (χ3n) is 9.80. The number of hydrogen-bond acceptors (Lipinski definition) is 9. The van der Waals surface area contributed by atoms with Crippen molar-refractivity contribution in [1.29, 1.82) is 0 Å². The van der Waals surface area contributed by atoms with E-state index in [9.17, 15) is 18.0 Å². The molecule has 0 spiro atoms. The van der Waals surface area contributed by atoms with E-state index in [1.807, 2.05) is 31.2 Å². The molecule has 1 amide bonds. The number of rotatable bonds is 22. The number of esters is 1. The lowest BCUT2D eigenvalue weighted by Crippen LogP contribution is -2.35. The van der Waals surface area contributed by atoms with E-state index in [1.54, 1.807) is 12.1 Å². The van der Waals surface area contributed by atoms with Crippen molar-refractivity contribution >= 4 is 22.2 Å². The first kappa shape index (κ1) is 40.4.